The normalized spacial score (nSPS) is 19.8. The Balaban J connectivity index is 2.10. The molecule has 2 aliphatic rings. The van der Waals surface area contributed by atoms with Crippen LogP contribution in [0.5, 0.6) is 0 Å². The van der Waals surface area contributed by atoms with Crippen LogP contribution in [0, 0.1) is 0 Å². The Morgan fingerprint density at radius 2 is 2.15 bits per heavy atom. The van der Waals surface area contributed by atoms with Crippen LogP contribution in [0.4, 0.5) is 5.69 Å². The zero-order chi connectivity index (χ0) is 8.84. The van der Waals surface area contributed by atoms with Crippen molar-refractivity contribution in [3.05, 3.63) is 28.3 Å². The van der Waals surface area contributed by atoms with Gasteiger partial charge >= 0.3 is 0 Å². The van der Waals surface area contributed by atoms with E-state index in [9.17, 15) is 0 Å². The molecule has 0 atom stereocenters. The highest BCUT2D eigenvalue weighted by Gasteiger charge is 2.27. The van der Waals surface area contributed by atoms with Gasteiger partial charge in [0, 0.05) is 11.6 Å². The monoisotopic (exact) mass is 194 g/mol. The van der Waals surface area contributed by atoms with E-state index in [0.717, 1.165) is 23.2 Å². The molecule has 3 heteroatoms. The number of hydrogen-bond acceptors (Lipinski definition) is 2. The van der Waals surface area contributed by atoms with Crippen LogP contribution in [-0.4, -0.2) is 0 Å². The molecule has 0 saturated heterocycles. The third-order valence-corrected chi connectivity index (χ3v) is 3.07. The fourth-order valence-corrected chi connectivity index (χ4v) is 2.16. The maximum absolute atomic E-state index is 6.18. The topological polar surface area (TPSA) is 24.1 Å². The van der Waals surface area contributed by atoms with Crippen LogP contribution in [-0.2, 0) is 6.54 Å². The van der Waals surface area contributed by atoms with Gasteiger partial charge in [-0.2, -0.15) is 0 Å². The van der Waals surface area contributed by atoms with E-state index in [1.54, 1.807) is 0 Å². The first-order valence-electron chi connectivity index (χ1n) is 4.66. The number of benzene rings is 1. The third kappa shape index (κ3) is 1.21. The molecule has 2 N–H and O–H groups in total. The Morgan fingerprint density at radius 1 is 1.31 bits per heavy atom. The molecule has 0 aromatic heterocycles. The van der Waals surface area contributed by atoms with Gasteiger partial charge in [0.25, 0.3) is 0 Å². The fourth-order valence-electron chi connectivity index (χ4n) is 1.84. The Labute approximate surface area is 82.3 Å². The molecule has 0 amide bonds. The van der Waals surface area contributed by atoms with Crippen LogP contribution in [0.2, 0.25) is 5.02 Å². The van der Waals surface area contributed by atoms with Crippen molar-refractivity contribution in [2.24, 2.45) is 0 Å². The number of rotatable bonds is 1. The molecule has 0 spiro atoms. The second-order valence-corrected chi connectivity index (χ2v) is 4.19. The fraction of sp³-hybridized carbons (Fsp3) is 0.400. The van der Waals surface area contributed by atoms with E-state index in [2.05, 4.69) is 16.9 Å². The Morgan fingerprint density at radius 3 is 2.92 bits per heavy atom. The van der Waals surface area contributed by atoms with Gasteiger partial charge in [-0.25, -0.2) is 5.43 Å². The highest BCUT2D eigenvalue weighted by atomic mass is 35.5. The summed E-state index contributed by atoms with van der Waals surface area (Å²) >= 11 is 6.18. The van der Waals surface area contributed by atoms with Gasteiger partial charge in [0.05, 0.1) is 5.69 Å². The first-order valence-corrected chi connectivity index (χ1v) is 5.03. The molecular weight excluding hydrogens is 184 g/mol. The molecule has 1 heterocycles. The number of fused-ring (bicyclic) bond motifs is 1. The largest absolute Gasteiger partial charge is 0.321 e. The maximum Gasteiger partial charge on any atom is 0.0548 e. The molecule has 1 fully saturated rings. The number of hydrogen-bond donors (Lipinski definition) is 2. The Bertz CT molecular complexity index is 358. The molecule has 2 nitrogen and oxygen atoms in total. The van der Waals surface area contributed by atoms with Gasteiger partial charge < -0.3 is 5.43 Å². The van der Waals surface area contributed by atoms with E-state index < -0.39 is 0 Å². The molecule has 0 radical (unpaired) electrons. The van der Waals surface area contributed by atoms with Gasteiger partial charge in [-0.05, 0) is 36.0 Å². The first-order chi connectivity index (χ1) is 6.34. The first kappa shape index (κ1) is 7.65. The second kappa shape index (κ2) is 2.63. The summed E-state index contributed by atoms with van der Waals surface area (Å²) in [5.74, 6) is 0.735. The van der Waals surface area contributed by atoms with Crippen LogP contribution in [0.25, 0.3) is 0 Å². The standard InChI is InChI=1S/C10H11ClN2/c11-9-4-10-7(5-12-13-10)3-8(9)6-1-2-6/h3-4,6,12-13H,1-2,5H2. The Kier molecular flexibility index (Phi) is 1.55. The molecule has 1 aliphatic carbocycles. The molecular formula is C10H11ClN2. The van der Waals surface area contributed by atoms with Crippen molar-refractivity contribution in [3.8, 4) is 0 Å². The van der Waals surface area contributed by atoms with Gasteiger partial charge in [-0.1, -0.05) is 17.7 Å². The summed E-state index contributed by atoms with van der Waals surface area (Å²) in [5.41, 5.74) is 10.00. The number of halogens is 1. The van der Waals surface area contributed by atoms with E-state index in [-0.39, 0.29) is 0 Å². The molecule has 1 saturated carbocycles. The molecule has 0 unspecified atom stereocenters. The highest BCUT2D eigenvalue weighted by molar-refractivity contribution is 6.31. The van der Waals surface area contributed by atoms with Crippen molar-refractivity contribution >= 4 is 17.3 Å². The predicted octanol–water partition coefficient (Wildman–Crippen LogP) is 2.65. The zero-order valence-electron chi connectivity index (χ0n) is 7.23. The molecule has 3 rings (SSSR count). The quantitative estimate of drug-likeness (QED) is 0.718. The summed E-state index contributed by atoms with van der Waals surface area (Å²) in [7, 11) is 0. The lowest BCUT2D eigenvalue weighted by atomic mass is 10.1. The summed E-state index contributed by atoms with van der Waals surface area (Å²) in [6, 6.07) is 4.27. The van der Waals surface area contributed by atoms with Crippen molar-refractivity contribution in [2.75, 3.05) is 5.43 Å². The van der Waals surface area contributed by atoms with E-state index in [0.29, 0.717) is 0 Å². The van der Waals surface area contributed by atoms with Gasteiger partial charge in [-0.3, -0.25) is 0 Å². The molecule has 0 bridgehead atoms. The number of nitrogens with one attached hydrogen (secondary N) is 2. The minimum Gasteiger partial charge on any atom is -0.321 e. The van der Waals surface area contributed by atoms with E-state index in [4.69, 9.17) is 11.6 Å². The average Bonchev–Trinajstić information content (AvgIpc) is 2.85. The van der Waals surface area contributed by atoms with Gasteiger partial charge in [0.1, 0.15) is 0 Å². The van der Waals surface area contributed by atoms with Crippen molar-refractivity contribution in [1.29, 1.82) is 0 Å². The summed E-state index contributed by atoms with van der Waals surface area (Å²) in [5, 5.41) is 0.914. The zero-order valence-corrected chi connectivity index (χ0v) is 7.99. The summed E-state index contributed by atoms with van der Waals surface area (Å²) in [6.45, 7) is 0.909. The lowest BCUT2D eigenvalue weighted by Crippen LogP contribution is -2.10. The Hall–Kier alpha value is -0.730. The van der Waals surface area contributed by atoms with Gasteiger partial charge in [-0.15, -0.1) is 0 Å². The van der Waals surface area contributed by atoms with Crippen LogP contribution < -0.4 is 10.9 Å². The van der Waals surface area contributed by atoms with E-state index >= 15 is 0 Å². The summed E-state index contributed by atoms with van der Waals surface area (Å²) in [6.07, 6.45) is 2.61. The molecule has 1 aromatic carbocycles. The van der Waals surface area contributed by atoms with Crippen molar-refractivity contribution < 1.29 is 0 Å². The minimum absolute atomic E-state index is 0.735. The number of anilines is 1. The number of hydrazine groups is 1. The summed E-state index contributed by atoms with van der Waals surface area (Å²) < 4.78 is 0. The lowest BCUT2D eigenvalue weighted by Gasteiger charge is -2.05. The third-order valence-electron chi connectivity index (χ3n) is 2.74. The van der Waals surface area contributed by atoms with Crippen LogP contribution >= 0.6 is 11.6 Å². The lowest BCUT2D eigenvalue weighted by molar-refractivity contribution is 0.859. The minimum atomic E-state index is 0.735. The SMILES string of the molecule is Clc1cc2c(cc1C1CC1)CNN2. The van der Waals surface area contributed by atoms with Crippen LogP contribution in [0.15, 0.2) is 12.1 Å². The average molecular weight is 195 g/mol. The van der Waals surface area contributed by atoms with Gasteiger partial charge in [0.15, 0.2) is 0 Å². The van der Waals surface area contributed by atoms with Crippen molar-refractivity contribution in [1.82, 2.24) is 5.43 Å². The summed E-state index contributed by atoms with van der Waals surface area (Å²) in [4.78, 5) is 0. The molecule has 13 heavy (non-hydrogen) atoms. The molecule has 68 valence electrons. The molecule has 1 aromatic rings. The second-order valence-electron chi connectivity index (χ2n) is 3.78. The van der Waals surface area contributed by atoms with Crippen LogP contribution in [0.1, 0.15) is 29.9 Å². The highest BCUT2D eigenvalue weighted by Crippen LogP contribution is 2.44. The maximum atomic E-state index is 6.18. The smallest absolute Gasteiger partial charge is 0.0548 e. The predicted molar refractivity (Wildman–Crippen MR) is 53.9 cm³/mol. The van der Waals surface area contributed by atoms with Gasteiger partial charge in [0.2, 0.25) is 0 Å². The van der Waals surface area contributed by atoms with Crippen molar-refractivity contribution in [3.63, 3.8) is 0 Å². The molecule has 1 aliphatic heterocycles. The van der Waals surface area contributed by atoms with E-state index in [1.165, 1.54) is 24.0 Å². The van der Waals surface area contributed by atoms with Crippen LogP contribution in [0.3, 0.4) is 0 Å². The van der Waals surface area contributed by atoms with E-state index in [1.807, 2.05) is 6.07 Å². The van der Waals surface area contributed by atoms with Crippen molar-refractivity contribution in [2.45, 2.75) is 25.3 Å².